The fourth-order valence-corrected chi connectivity index (χ4v) is 2.68. The molecule has 0 amide bonds. The number of rotatable bonds is 2. The van der Waals surface area contributed by atoms with Crippen LogP contribution in [-0.4, -0.2) is 23.9 Å². The summed E-state index contributed by atoms with van der Waals surface area (Å²) in [5.41, 5.74) is 0.545. The van der Waals surface area contributed by atoms with E-state index in [-0.39, 0.29) is 5.60 Å². The van der Waals surface area contributed by atoms with Gasteiger partial charge in [-0.15, -0.1) is 0 Å². The lowest BCUT2D eigenvalue weighted by Crippen LogP contribution is -2.17. The first kappa shape index (κ1) is 12.5. The molecule has 1 saturated heterocycles. The number of hydrogen-bond donors (Lipinski definition) is 1. The Kier molecular flexibility index (Phi) is 3.22. The summed E-state index contributed by atoms with van der Waals surface area (Å²) in [7, 11) is 1.62. The van der Waals surface area contributed by atoms with Crippen LogP contribution in [0.2, 0.25) is 0 Å². The molecule has 0 spiro atoms. The quantitative estimate of drug-likeness (QED) is 0.654. The maximum atomic E-state index is 10.1. The molecular weight excluding hydrogens is 240 g/mol. The van der Waals surface area contributed by atoms with Crippen LogP contribution in [0.4, 0.5) is 0 Å². The standard InChI is InChI=1S/C16H18O3/c1-18-13-7-5-12(6-8-13)14(17)9-11-16-10-3-2-4-15(16)19-16/h5-8,14-15,17H,2-4,10H2,1H3. The predicted octanol–water partition coefficient (Wildman–Crippen LogP) is 2.44. The summed E-state index contributed by atoms with van der Waals surface area (Å²) in [4.78, 5) is 0. The van der Waals surface area contributed by atoms with Crippen molar-refractivity contribution in [2.45, 2.75) is 43.5 Å². The van der Waals surface area contributed by atoms with Crippen LogP contribution in [0, 0.1) is 11.8 Å². The molecule has 3 unspecified atom stereocenters. The smallest absolute Gasteiger partial charge is 0.155 e. The van der Waals surface area contributed by atoms with Crippen molar-refractivity contribution in [3.63, 3.8) is 0 Å². The van der Waals surface area contributed by atoms with Crippen LogP contribution in [-0.2, 0) is 4.74 Å². The third kappa shape index (κ3) is 2.47. The summed E-state index contributed by atoms with van der Waals surface area (Å²) >= 11 is 0. The molecule has 0 radical (unpaired) electrons. The summed E-state index contributed by atoms with van der Waals surface area (Å²) in [6.07, 6.45) is 4.05. The molecule has 19 heavy (non-hydrogen) atoms. The van der Waals surface area contributed by atoms with Crippen LogP contribution in [0.1, 0.15) is 37.4 Å². The van der Waals surface area contributed by atoms with E-state index in [1.54, 1.807) is 7.11 Å². The number of epoxide rings is 1. The lowest BCUT2D eigenvalue weighted by atomic mass is 9.89. The van der Waals surface area contributed by atoms with E-state index in [1.165, 1.54) is 12.8 Å². The highest BCUT2D eigenvalue weighted by Gasteiger charge is 2.56. The maximum Gasteiger partial charge on any atom is 0.155 e. The van der Waals surface area contributed by atoms with Crippen LogP contribution < -0.4 is 4.74 Å². The highest BCUT2D eigenvalue weighted by Crippen LogP contribution is 2.47. The summed E-state index contributed by atoms with van der Waals surface area (Å²) in [5, 5.41) is 10.1. The summed E-state index contributed by atoms with van der Waals surface area (Å²) in [6.45, 7) is 0. The number of hydrogen-bond acceptors (Lipinski definition) is 3. The third-order valence-electron chi connectivity index (χ3n) is 3.93. The molecule has 1 aromatic rings. The molecule has 1 N–H and O–H groups in total. The Labute approximate surface area is 113 Å². The van der Waals surface area contributed by atoms with Crippen molar-refractivity contribution >= 4 is 0 Å². The first-order chi connectivity index (χ1) is 9.23. The Bertz CT molecular complexity index is 511. The van der Waals surface area contributed by atoms with E-state index in [0.29, 0.717) is 6.10 Å². The average molecular weight is 258 g/mol. The Balaban J connectivity index is 1.69. The Morgan fingerprint density at radius 1 is 1.37 bits per heavy atom. The molecule has 3 nitrogen and oxygen atoms in total. The lowest BCUT2D eigenvalue weighted by molar-refractivity contribution is 0.237. The second-order valence-electron chi connectivity index (χ2n) is 5.19. The zero-order valence-corrected chi connectivity index (χ0v) is 11.1. The monoisotopic (exact) mass is 258 g/mol. The van der Waals surface area contributed by atoms with Crippen LogP contribution in [0.3, 0.4) is 0 Å². The fourth-order valence-electron chi connectivity index (χ4n) is 2.68. The van der Waals surface area contributed by atoms with Gasteiger partial charge in [-0.1, -0.05) is 30.4 Å². The van der Waals surface area contributed by atoms with Crippen molar-refractivity contribution in [1.82, 2.24) is 0 Å². The zero-order chi connectivity index (χ0) is 13.3. The molecule has 1 aliphatic heterocycles. The molecule has 100 valence electrons. The summed E-state index contributed by atoms with van der Waals surface area (Å²) in [5.74, 6) is 6.85. The Morgan fingerprint density at radius 3 is 2.84 bits per heavy atom. The highest BCUT2D eigenvalue weighted by molar-refractivity contribution is 5.34. The molecule has 3 rings (SSSR count). The molecule has 1 heterocycles. The first-order valence-electron chi connectivity index (χ1n) is 6.76. The minimum absolute atomic E-state index is 0.244. The second kappa shape index (κ2) is 4.88. The van der Waals surface area contributed by atoms with Gasteiger partial charge in [0.1, 0.15) is 11.9 Å². The van der Waals surface area contributed by atoms with Crippen molar-refractivity contribution in [2.24, 2.45) is 0 Å². The number of aliphatic hydroxyl groups is 1. The molecule has 2 aliphatic rings. The van der Waals surface area contributed by atoms with E-state index in [1.807, 2.05) is 24.3 Å². The number of methoxy groups -OCH3 is 1. The van der Waals surface area contributed by atoms with E-state index in [0.717, 1.165) is 24.2 Å². The topological polar surface area (TPSA) is 42.0 Å². The van der Waals surface area contributed by atoms with Gasteiger partial charge in [0, 0.05) is 0 Å². The maximum absolute atomic E-state index is 10.1. The first-order valence-corrected chi connectivity index (χ1v) is 6.76. The van der Waals surface area contributed by atoms with Gasteiger partial charge in [0.25, 0.3) is 0 Å². The van der Waals surface area contributed by atoms with E-state index in [4.69, 9.17) is 9.47 Å². The van der Waals surface area contributed by atoms with Gasteiger partial charge < -0.3 is 14.6 Å². The van der Waals surface area contributed by atoms with Gasteiger partial charge in [-0.25, -0.2) is 0 Å². The third-order valence-corrected chi connectivity index (χ3v) is 3.93. The van der Waals surface area contributed by atoms with E-state index < -0.39 is 6.10 Å². The van der Waals surface area contributed by atoms with E-state index in [2.05, 4.69) is 11.8 Å². The van der Waals surface area contributed by atoms with Crippen LogP contribution >= 0.6 is 0 Å². The normalized spacial score (nSPS) is 29.7. The molecule has 1 aromatic carbocycles. The van der Waals surface area contributed by atoms with Gasteiger partial charge in [0.2, 0.25) is 0 Å². The van der Waals surface area contributed by atoms with E-state index in [9.17, 15) is 5.11 Å². The van der Waals surface area contributed by atoms with E-state index >= 15 is 0 Å². The van der Waals surface area contributed by atoms with Crippen molar-refractivity contribution in [1.29, 1.82) is 0 Å². The van der Waals surface area contributed by atoms with Crippen LogP contribution in [0.15, 0.2) is 24.3 Å². The highest BCUT2D eigenvalue weighted by atomic mass is 16.6. The molecule has 3 heteroatoms. The number of aliphatic hydroxyl groups excluding tert-OH is 1. The average Bonchev–Trinajstić information content (AvgIpc) is 3.20. The molecule has 0 bridgehead atoms. The van der Waals surface area contributed by atoms with Crippen molar-refractivity contribution in [2.75, 3.05) is 7.11 Å². The van der Waals surface area contributed by atoms with Crippen molar-refractivity contribution in [3.8, 4) is 17.6 Å². The second-order valence-corrected chi connectivity index (χ2v) is 5.19. The van der Waals surface area contributed by atoms with Gasteiger partial charge >= 0.3 is 0 Å². The van der Waals surface area contributed by atoms with Gasteiger partial charge in [0.15, 0.2) is 5.60 Å². The molecule has 3 atom stereocenters. The van der Waals surface area contributed by atoms with Crippen molar-refractivity contribution in [3.05, 3.63) is 29.8 Å². The SMILES string of the molecule is COc1ccc(C(O)C#CC23CCCCC2O3)cc1. The zero-order valence-electron chi connectivity index (χ0n) is 11.1. The molecule has 1 aliphatic carbocycles. The fraction of sp³-hybridized carbons (Fsp3) is 0.500. The number of benzene rings is 1. The lowest BCUT2D eigenvalue weighted by Gasteiger charge is -2.11. The molecule has 2 fully saturated rings. The Morgan fingerprint density at radius 2 is 2.16 bits per heavy atom. The molecular formula is C16H18O3. The number of ether oxygens (including phenoxy) is 2. The summed E-state index contributed by atoms with van der Waals surface area (Å²) in [6, 6.07) is 7.33. The Hall–Kier alpha value is -1.50. The van der Waals surface area contributed by atoms with Crippen molar-refractivity contribution < 1.29 is 14.6 Å². The van der Waals surface area contributed by atoms with Gasteiger partial charge in [-0.3, -0.25) is 0 Å². The minimum Gasteiger partial charge on any atom is -0.497 e. The largest absolute Gasteiger partial charge is 0.497 e. The van der Waals surface area contributed by atoms with Gasteiger partial charge in [-0.05, 0) is 37.0 Å². The molecule has 1 saturated carbocycles. The van der Waals surface area contributed by atoms with Crippen LogP contribution in [0.5, 0.6) is 5.75 Å². The van der Waals surface area contributed by atoms with Gasteiger partial charge in [0.05, 0.1) is 13.2 Å². The van der Waals surface area contributed by atoms with Gasteiger partial charge in [-0.2, -0.15) is 0 Å². The molecule has 0 aromatic heterocycles. The minimum atomic E-state index is -0.757. The predicted molar refractivity (Wildman–Crippen MR) is 71.8 cm³/mol. The number of fused-ring (bicyclic) bond motifs is 1. The van der Waals surface area contributed by atoms with Crippen LogP contribution in [0.25, 0.3) is 0 Å². The summed E-state index contributed by atoms with van der Waals surface area (Å²) < 4.78 is 10.8.